The summed E-state index contributed by atoms with van der Waals surface area (Å²) in [5.41, 5.74) is 4.51. The van der Waals surface area contributed by atoms with Gasteiger partial charge in [0.2, 0.25) is 11.8 Å². The maximum atomic E-state index is 14.6. The molecule has 4 rings (SSSR count). The molecule has 4 aromatic rings. The predicted molar refractivity (Wildman–Crippen MR) is 181 cm³/mol. The molecule has 0 heterocycles. The van der Waals surface area contributed by atoms with Gasteiger partial charge in [0.15, 0.2) is 0 Å². The molecular formula is C36H40ClN3O4S. The number of nitrogens with zero attached hydrogens (tertiary/aromatic N) is 2. The summed E-state index contributed by atoms with van der Waals surface area (Å²) in [7, 11) is -4.17. The van der Waals surface area contributed by atoms with E-state index in [0.717, 1.165) is 28.7 Å². The molecule has 0 radical (unpaired) electrons. The van der Waals surface area contributed by atoms with Crippen LogP contribution < -0.4 is 9.62 Å². The van der Waals surface area contributed by atoms with Crippen LogP contribution in [-0.2, 0) is 32.6 Å². The Bertz CT molecular complexity index is 1710. The second kappa shape index (κ2) is 15.2. The standard InChI is InChI=1S/C36H40ClN3O4S/c1-5-21-38-36(42)34(23-29-9-7-6-8-10-29)39(24-30-15-17-31(37)18-16-30)35(41)25-40(33-22-27(3)11-14-28(33)4)45(43,44)32-19-12-26(2)13-20-32/h6-20,22,34H,5,21,23-25H2,1-4H3,(H,38,42). The van der Waals surface area contributed by atoms with Gasteiger partial charge in [-0.3, -0.25) is 13.9 Å². The number of rotatable bonds is 13. The Morgan fingerprint density at radius 1 is 0.822 bits per heavy atom. The number of aryl methyl sites for hydroxylation is 3. The van der Waals surface area contributed by atoms with E-state index in [9.17, 15) is 18.0 Å². The van der Waals surface area contributed by atoms with E-state index < -0.39 is 28.5 Å². The van der Waals surface area contributed by atoms with Crippen LogP contribution in [-0.4, -0.2) is 44.3 Å². The third kappa shape index (κ3) is 8.74. The van der Waals surface area contributed by atoms with Crippen molar-refractivity contribution in [2.75, 3.05) is 17.4 Å². The highest BCUT2D eigenvalue weighted by Gasteiger charge is 2.35. The van der Waals surface area contributed by atoms with Crippen LogP contribution in [0.1, 0.15) is 41.2 Å². The SMILES string of the molecule is CCCNC(=O)C(Cc1ccccc1)N(Cc1ccc(Cl)cc1)C(=O)CN(c1cc(C)ccc1C)S(=O)(=O)c1ccc(C)cc1. The Labute approximate surface area is 271 Å². The minimum atomic E-state index is -4.17. The lowest BCUT2D eigenvalue weighted by atomic mass is 10.0. The summed E-state index contributed by atoms with van der Waals surface area (Å²) >= 11 is 6.15. The van der Waals surface area contributed by atoms with Crippen LogP contribution >= 0.6 is 11.6 Å². The number of hydrogen-bond acceptors (Lipinski definition) is 4. The minimum Gasteiger partial charge on any atom is -0.354 e. The fourth-order valence-electron chi connectivity index (χ4n) is 5.05. The lowest BCUT2D eigenvalue weighted by molar-refractivity contribution is -0.140. The van der Waals surface area contributed by atoms with E-state index in [1.54, 1.807) is 54.6 Å². The number of carbonyl (C=O) groups is 2. The first-order valence-corrected chi connectivity index (χ1v) is 16.8. The molecule has 1 unspecified atom stereocenters. The van der Waals surface area contributed by atoms with E-state index in [0.29, 0.717) is 22.8 Å². The van der Waals surface area contributed by atoms with E-state index in [-0.39, 0.29) is 23.8 Å². The van der Waals surface area contributed by atoms with Crippen LogP contribution in [0.25, 0.3) is 0 Å². The van der Waals surface area contributed by atoms with Gasteiger partial charge in [-0.25, -0.2) is 8.42 Å². The second-order valence-corrected chi connectivity index (χ2v) is 13.6. The lowest BCUT2D eigenvalue weighted by Crippen LogP contribution is -2.53. The van der Waals surface area contributed by atoms with Crippen LogP contribution in [0.15, 0.2) is 102 Å². The summed E-state index contributed by atoms with van der Waals surface area (Å²) < 4.78 is 29.7. The van der Waals surface area contributed by atoms with Crippen LogP contribution in [0.5, 0.6) is 0 Å². The van der Waals surface area contributed by atoms with Gasteiger partial charge in [-0.2, -0.15) is 0 Å². The van der Waals surface area contributed by atoms with Crippen molar-refractivity contribution >= 4 is 39.1 Å². The first-order valence-electron chi connectivity index (χ1n) is 15.0. The molecule has 4 aromatic carbocycles. The molecule has 0 aliphatic carbocycles. The Morgan fingerprint density at radius 2 is 1.47 bits per heavy atom. The minimum absolute atomic E-state index is 0.0765. The number of sulfonamides is 1. The fraction of sp³-hybridized carbons (Fsp3) is 0.278. The van der Waals surface area contributed by atoms with Crippen molar-refractivity contribution in [3.63, 3.8) is 0 Å². The Morgan fingerprint density at radius 3 is 2.11 bits per heavy atom. The highest BCUT2D eigenvalue weighted by atomic mass is 35.5. The monoisotopic (exact) mass is 645 g/mol. The third-order valence-electron chi connectivity index (χ3n) is 7.61. The molecule has 0 bridgehead atoms. The smallest absolute Gasteiger partial charge is 0.264 e. The number of carbonyl (C=O) groups excluding carboxylic acids is 2. The molecule has 1 N–H and O–H groups in total. The fourth-order valence-corrected chi connectivity index (χ4v) is 6.64. The first-order chi connectivity index (χ1) is 21.5. The van der Waals surface area contributed by atoms with Crippen LogP contribution in [0.2, 0.25) is 5.02 Å². The highest BCUT2D eigenvalue weighted by Crippen LogP contribution is 2.29. The molecule has 0 saturated carbocycles. The van der Waals surface area contributed by atoms with E-state index >= 15 is 0 Å². The highest BCUT2D eigenvalue weighted by molar-refractivity contribution is 7.92. The summed E-state index contributed by atoms with van der Waals surface area (Å²) in [6.07, 6.45) is 0.980. The molecular weight excluding hydrogens is 606 g/mol. The van der Waals surface area contributed by atoms with E-state index in [1.165, 1.54) is 9.21 Å². The quantitative estimate of drug-likeness (QED) is 0.177. The van der Waals surface area contributed by atoms with E-state index in [4.69, 9.17) is 11.6 Å². The number of anilines is 1. The number of benzene rings is 4. The van der Waals surface area contributed by atoms with E-state index in [1.807, 2.05) is 70.2 Å². The van der Waals surface area contributed by atoms with Gasteiger partial charge >= 0.3 is 0 Å². The zero-order valence-corrected chi connectivity index (χ0v) is 27.7. The molecule has 236 valence electrons. The Kier molecular flexibility index (Phi) is 11.4. The normalized spacial score (nSPS) is 11.9. The molecule has 0 aliphatic rings. The van der Waals surface area contributed by atoms with Gasteiger partial charge in [0, 0.05) is 24.5 Å². The molecule has 1 atom stereocenters. The lowest BCUT2D eigenvalue weighted by Gasteiger charge is -2.34. The van der Waals surface area contributed by atoms with Gasteiger partial charge in [-0.05, 0) is 79.8 Å². The van der Waals surface area contributed by atoms with Crippen LogP contribution in [0.3, 0.4) is 0 Å². The molecule has 0 spiro atoms. The van der Waals surface area contributed by atoms with Crippen molar-refractivity contribution in [3.05, 3.63) is 130 Å². The van der Waals surface area contributed by atoms with Crippen molar-refractivity contribution < 1.29 is 18.0 Å². The van der Waals surface area contributed by atoms with Gasteiger partial charge in [0.1, 0.15) is 12.6 Å². The summed E-state index contributed by atoms with van der Waals surface area (Å²) in [4.78, 5) is 29.9. The number of amides is 2. The largest absolute Gasteiger partial charge is 0.354 e. The number of nitrogens with one attached hydrogen (secondary N) is 1. The van der Waals surface area contributed by atoms with Crippen molar-refractivity contribution in [1.82, 2.24) is 10.2 Å². The third-order valence-corrected chi connectivity index (χ3v) is 9.63. The molecule has 9 heteroatoms. The molecule has 0 aromatic heterocycles. The van der Waals surface area contributed by atoms with Gasteiger partial charge in [0.25, 0.3) is 10.0 Å². The molecule has 2 amide bonds. The van der Waals surface area contributed by atoms with Crippen molar-refractivity contribution in [2.45, 2.75) is 58.0 Å². The predicted octanol–water partition coefficient (Wildman–Crippen LogP) is 6.63. The maximum Gasteiger partial charge on any atom is 0.264 e. The molecule has 7 nitrogen and oxygen atoms in total. The van der Waals surface area contributed by atoms with Crippen molar-refractivity contribution in [1.29, 1.82) is 0 Å². The summed E-state index contributed by atoms with van der Waals surface area (Å²) in [5, 5.41) is 3.50. The van der Waals surface area contributed by atoms with Crippen LogP contribution in [0, 0.1) is 20.8 Å². The molecule has 0 fully saturated rings. The van der Waals surface area contributed by atoms with Gasteiger partial charge in [-0.15, -0.1) is 0 Å². The first kappa shape index (κ1) is 33.7. The second-order valence-electron chi connectivity index (χ2n) is 11.3. The Hall–Kier alpha value is -4.14. The summed E-state index contributed by atoms with van der Waals surface area (Å²) in [5.74, 6) is -0.809. The zero-order valence-electron chi connectivity index (χ0n) is 26.2. The summed E-state index contributed by atoms with van der Waals surface area (Å²) in [6, 6.07) is 27.7. The van der Waals surface area contributed by atoms with Gasteiger partial charge < -0.3 is 10.2 Å². The maximum absolute atomic E-state index is 14.6. The van der Waals surface area contributed by atoms with Crippen LogP contribution in [0.4, 0.5) is 5.69 Å². The molecule has 0 saturated heterocycles. The van der Waals surface area contributed by atoms with Crippen molar-refractivity contribution in [3.8, 4) is 0 Å². The van der Waals surface area contributed by atoms with E-state index in [2.05, 4.69) is 5.32 Å². The zero-order chi connectivity index (χ0) is 32.6. The molecule has 0 aliphatic heterocycles. The summed E-state index contributed by atoms with van der Waals surface area (Å²) in [6.45, 7) is 7.57. The number of halogens is 1. The molecule has 45 heavy (non-hydrogen) atoms. The Balaban J connectivity index is 1.82. The topological polar surface area (TPSA) is 86.8 Å². The average molecular weight is 646 g/mol. The van der Waals surface area contributed by atoms with Crippen molar-refractivity contribution in [2.24, 2.45) is 0 Å². The average Bonchev–Trinajstić information content (AvgIpc) is 3.03. The van der Waals surface area contributed by atoms with Gasteiger partial charge in [-0.1, -0.05) is 90.8 Å². The van der Waals surface area contributed by atoms with Gasteiger partial charge in [0.05, 0.1) is 10.6 Å². The number of hydrogen-bond donors (Lipinski definition) is 1.